The van der Waals surface area contributed by atoms with E-state index in [1.165, 1.54) is 24.3 Å². The molecule has 0 aromatic heterocycles. The average Bonchev–Trinajstić information content (AvgIpc) is 2.69. The lowest BCUT2D eigenvalue weighted by Crippen LogP contribution is -2.48. The molecule has 1 heterocycles. The molecule has 30 heavy (non-hydrogen) atoms. The minimum absolute atomic E-state index is 0.0398. The molecule has 0 aliphatic carbocycles. The van der Waals surface area contributed by atoms with Crippen LogP contribution in [0.15, 0.2) is 42.5 Å². The summed E-state index contributed by atoms with van der Waals surface area (Å²) in [7, 11) is 0. The van der Waals surface area contributed by atoms with Gasteiger partial charge in [-0.15, -0.1) is 0 Å². The first-order valence-electron chi connectivity index (χ1n) is 9.11. The number of carboxylic acids is 1. The van der Waals surface area contributed by atoms with E-state index in [1.54, 1.807) is 6.07 Å². The third kappa shape index (κ3) is 5.43. The Kier molecular flexibility index (Phi) is 6.52. The smallest absolute Gasteiger partial charge is 0.416 e. The van der Waals surface area contributed by atoms with Crippen molar-refractivity contribution in [3.05, 3.63) is 58.6 Å². The summed E-state index contributed by atoms with van der Waals surface area (Å²) >= 11 is 5.80. The Hall–Kier alpha value is -2.78. The maximum atomic E-state index is 12.9. The normalized spacial score (nSPS) is 15.1. The molecule has 10 heteroatoms. The molecule has 2 aromatic rings. The highest BCUT2D eigenvalue weighted by Gasteiger charge is 2.31. The van der Waals surface area contributed by atoms with Gasteiger partial charge in [-0.2, -0.15) is 13.2 Å². The molecule has 2 N–H and O–H groups in total. The summed E-state index contributed by atoms with van der Waals surface area (Å²) in [6.45, 7) is 1.94. The zero-order chi connectivity index (χ0) is 21.9. The fourth-order valence-corrected chi connectivity index (χ4v) is 3.41. The van der Waals surface area contributed by atoms with Crippen LogP contribution in [0.1, 0.15) is 15.9 Å². The molecule has 3 rings (SSSR count). The van der Waals surface area contributed by atoms with Crippen LogP contribution in [-0.4, -0.2) is 54.6 Å². The molecule has 0 saturated carbocycles. The molecule has 2 aromatic carbocycles. The highest BCUT2D eigenvalue weighted by atomic mass is 35.5. The van der Waals surface area contributed by atoms with Crippen LogP contribution in [0.5, 0.6) is 0 Å². The number of alkyl halides is 3. The molecule has 1 aliphatic rings. The highest BCUT2D eigenvalue weighted by Crippen LogP contribution is 2.31. The van der Waals surface area contributed by atoms with Gasteiger partial charge in [-0.05, 0) is 36.4 Å². The molecule has 1 aliphatic heterocycles. The number of carbonyl (C=O) groups excluding carboxylic acids is 1. The van der Waals surface area contributed by atoms with Crippen LogP contribution in [0.3, 0.4) is 0 Å². The minimum atomic E-state index is -4.40. The molecule has 1 amide bonds. The number of hydrogen-bond donors (Lipinski definition) is 2. The van der Waals surface area contributed by atoms with Crippen molar-refractivity contribution < 1.29 is 27.9 Å². The van der Waals surface area contributed by atoms with E-state index in [2.05, 4.69) is 5.32 Å². The van der Waals surface area contributed by atoms with Crippen molar-refractivity contribution >= 4 is 34.9 Å². The van der Waals surface area contributed by atoms with E-state index in [4.69, 9.17) is 11.6 Å². The number of benzene rings is 2. The SMILES string of the molecule is O=C(CN1CCN(c2cccc(C(F)(F)F)c2)CC1)Nc1ccc(Cl)cc1C(=O)O. The van der Waals surface area contributed by atoms with Crippen LogP contribution >= 0.6 is 11.6 Å². The predicted molar refractivity (Wildman–Crippen MR) is 107 cm³/mol. The van der Waals surface area contributed by atoms with E-state index in [0.717, 1.165) is 12.1 Å². The third-order valence-corrected chi connectivity index (χ3v) is 5.00. The number of aromatic carboxylic acids is 1. The van der Waals surface area contributed by atoms with Gasteiger partial charge in [-0.1, -0.05) is 17.7 Å². The molecule has 1 fully saturated rings. The van der Waals surface area contributed by atoms with Crippen molar-refractivity contribution in [2.24, 2.45) is 0 Å². The number of rotatable bonds is 5. The molecular weight excluding hydrogens is 423 g/mol. The van der Waals surface area contributed by atoms with Gasteiger partial charge in [0, 0.05) is 36.9 Å². The van der Waals surface area contributed by atoms with Gasteiger partial charge in [0.15, 0.2) is 0 Å². The van der Waals surface area contributed by atoms with Crippen LogP contribution in [0.2, 0.25) is 5.02 Å². The number of amides is 1. The Labute approximate surface area is 175 Å². The monoisotopic (exact) mass is 441 g/mol. The fraction of sp³-hybridized carbons (Fsp3) is 0.300. The molecule has 0 radical (unpaired) electrons. The van der Waals surface area contributed by atoms with Crippen molar-refractivity contribution in [2.75, 3.05) is 42.9 Å². The summed E-state index contributed by atoms with van der Waals surface area (Å²) in [6, 6.07) is 9.33. The lowest BCUT2D eigenvalue weighted by molar-refractivity contribution is -0.137. The number of nitrogens with zero attached hydrogens (tertiary/aromatic N) is 2. The van der Waals surface area contributed by atoms with Crippen LogP contribution in [0.25, 0.3) is 0 Å². The second-order valence-corrected chi connectivity index (χ2v) is 7.29. The number of nitrogens with one attached hydrogen (secondary N) is 1. The third-order valence-electron chi connectivity index (χ3n) is 4.76. The molecule has 0 spiro atoms. The molecule has 160 valence electrons. The van der Waals surface area contributed by atoms with E-state index in [1.807, 2.05) is 9.80 Å². The van der Waals surface area contributed by atoms with Crippen molar-refractivity contribution in [1.29, 1.82) is 0 Å². The van der Waals surface area contributed by atoms with Gasteiger partial charge in [0.1, 0.15) is 0 Å². The zero-order valence-electron chi connectivity index (χ0n) is 15.7. The quantitative estimate of drug-likeness (QED) is 0.738. The van der Waals surface area contributed by atoms with E-state index < -0.39 is 17.7 Å². The van der Waals surface area contributed by atoms with E-state index in [9.17, 15) is 27.9 Å². The number of carboxylic acid groups (broad SMARTS) is 1. The summed E-state index contributed by atoms with van der Waals surface area (Å²) in [5.74, 6) is -1.59. The Morgan fingerprint density at radius 3 is 2.40 bits per heavy atom. The molecule has 0 atom stereocenters. The number of piperazine rings is 1. The summed E-state index contributed by atoms with van der Waals surface area (Å²) in [5.41, 5.74) is -0.162. The first-order chi connectivity index (χ1) is 14.1. The van der Waals surface area contributed by atoms with Gasteiger partial charge >= 0.3 is 12.1 Å². The topological polar surface area (TPSA) is 72.9 Å². The first-order valence-corrected chi connectivity index (χ1v) is 9.48. The van der Waals surface area contributed by atoms with Crippen molar-refractivity contribution in [3.8, 4) is 0 Å². The van der Waals surface area contributed by atoms with E-state index in [-0.39, 0.29) is 28.7 Å². The van der Waals surface area contributed by atoms with Gasteiger partial charge < -0.3 is 15.3 Å². The summed E-state index contributed by atoms with van der Waals surface area (Å²) < 4.78 is 38.7. The maximum Gasteiger partial charge on any atom is 0.416 e. The Bertz CT molecular complexity index is 944. The summed E-state index contributed by atoms with van der Waals surface area (Å²) in [4.78, 5) is 27.3. The average molecular weight is 442 g/mol. The van der Waals surface area contributed by atoms with Gasteiger partial charge in [-0.3, -0.25) is 9.69 Å². The van der Waals surface area contributed by atoms with Crippen molar-refractivity contribution in [3.63, 3.8) is 0 Å². The fourth-order valence-electron chi connectivity index (χ4n) is 3.24. The zero-order valence-corrected chi connectivity index (χ0v) is 16.5. The van der Waals surface area contributed by atoms with Gasteiger partial charge in [0.2, 0.25) is 5.91 Å². The second-order valence-electron chi connectivity index (χ2n) is 6.85. The summed E-state index contributed by atoms with van der Waals surface area (Å²) in [6.07, 6.45) is -4.40. The Morgan fingerprint density at radius 2 is 1.77 bits per heavy atom. The maximum absolute atomic E-state index is 12.9. The van der Waals surface area contributed by atoms with Crippen molar-refractivity contribution in [2.45, 2.75) is 6.18 Å². The van der Waals surface area contributed by atoms with Crippen LogP contribution in [-0.2, 0) is 11.0 Å². The second kappa shape index (κ2) is 8.93. The van der Waals surface area contributed by atoms with Gasteiger partial charge in [-0.25, -0.2) is 4.79 Å². The lowest BCUT2D eigenvalue weighted by Gasteiger charge is -2.36. The lowest BCUT2D eigenvalue weighted by atomic mass is 10.1. The first kappa shape index (κ1) is 21.9. The molecular formula is C20H19ClF3N3O3. The number of halogens is 4. The Balaban J connectivity index is 1.56. The van der Waals surface area contributed by atoms with Crippen LogP contribution < -0.4 is 10.2 Å². The Morgan fingerprint density at radius 1 is 1.07 bits per heavy atom. The van der Waals surface area contributed by atoms with E-state index >= 15 is 0 Å². The van der Waals surface area contributed by atoms with Crippen molar-refractivity contribution in [1.82, 2.24) is 4.90 Å². The number of carbonyl (C=O) groups is 2. The molecule has 1 saturated heterocycles. The largest absolute Gasteiger partial charge is 0.478 e. The highest BCUT2D eigenvalue weighted by molar-refractivity contribution is 6.31. The predicted octanol–water partition coefficient (Wildman–Crippen LogP) is 3.82. The number of hydrogen-bond acceptors (Lipinski definition) is 4. The summed E-state index contributed by atoms with van der Waals surface area (Å²) in [5, 5.41) is 12.1. The molecule has 0 bridgehead atoms. The molecule has 0 unspecified atom stereocenters. The molecule has 6 nitrogen and oxygen atoms in total. The van der Waals surface area contributed by atoms with Crippen LogP contribution in [0, 0.1) is 0 Å². The van der Waals surface area contributed by atoms with Gasteiger partial charge in [0.05, 0.1) is 23.4 Å². The minimum Gasteiger partial charge on any atom is -0.478 e. The van der Waals surface area contributed by atoms with Gasteiger partial charge in [0.25, 0.3) is 0 Å². The van der Waals surface area contributed by atoms with Crippen LogP contribution in [0.4, 0.5) is 24.5 Å². The van der Waals surface area contributed by atoms with E-state index in [0.29, 0.717) is 31.9 Å². The number of anilines is 2. The standard InChI is InChI=1S/C20H19ClF3N3O3/c21-14-4-5-17(16(11-14)19(29)30)25-18(28)12-26-6-8-27(9-7-26)15-3-1-2-13(10-15)20(22,23)24/h1-5,10-11H,6-9,12H2,(H,25,28)(H,29,30).